The Bertz CT molecular complexity index is 463. The van der Waals surface area contributed by atoms with E-state index in [1.165, 1.54) is 6.42 Å². The number of carbonyl (C=O) groups excluding carboxylic acids is 1. The average molecular weight is 333 g/mol. The van der Waals surface area contributed by atoms with E-state index < -0.39 is 0 Å². The van der Waals surface area contributed by atoms with Gasteiger partial charge in [0.05, 0.1) is 0 Å². The summed E-state index contributed by atoms with van der Waals surface area (Å²) >= 11 is 5.84. The maximum Gasteiger partial charge on any atom is 0.258 e. The molecule has 0 aliphatic heterocycles. The minimum atomic E-state index is -0.246. The average Bonchev–Trinajstić information content (AvgIpc) is 2.44. The zero-order chi connectivity index (χ0) is 14.4. The first-order valence-corrected chi connectivity index (χ1v) is 7.39. The predicted molar refractivity (Wildman–Crippen MR) is 87.2 cm³/mol. The monoisotopic (exact) mass is 332 g/mol. The molecule has 1 aromatic carbocycles. The SMILES string of the molecule is Cl.NC1(CNC(=O)COc2cccc(Cl)c2)CCCCC1. The molecule has 1 amide bonds. The molecule has 1 aromatic rings. The number of nitrogens with one attached hydrogen (secondary N) is 1. The highest BCUT2D eigenvalue weighted by Crippen LogP contribution is 2.25. The lowest BCUT2D eigenvalue weighted by molar-refractivity contribution is -0.123. The zero-order valence-electron chi connectivity index (χ0n) is 11.9. The third-order valence-electron chi connectivity index (χ3n) is 3.65. The second kappa shape index (κ2) is 8.47. The van der Waals surface area contributed by atoms with Gasteiger partial charge in [-0.3, -0.25) is 4.79 Å². The lowest BCUT2D eigenvalue weighted by Crippen LogP contribution is -2.51. The van der Waals surface area contributed by atoms with Crippen LogP contribution in [0.15, 0.2) is 24.3 Å². The van der Waals surface area contributed by atoms with Crippen molar-refractivity contribution in [1.29, 1.82) is 0 Å². The minimum Gasteiger partial charge on any atom is -0.484 e. The number of nitrogens with two attached hydrogens (primary N) is 1. The molecule has 118 valence electrons. The molecule has 6 heteroatoms. The van der Waals surface area contributed by atoms with Crippen molar-refractivity contribution in [2.75, 3.05) is 13.2 Å². The summed E-state index contributed by atoms with van der Waals surface area (Å²) in [6.45, 7) is 0.501. The largest absolute Gasteiger partial charge is 0.484 e. The molecule has 2 rings (SSSR count). The molecule has 0 saturated heterocycles. The van der Waals surface area contributed by atoms with Gasteiger partial charge in [0.15, 0.2) is 6.61 Å². The molecule has 0 radical (unpaired) electrons. The van der Waals surface area contributed by atoms with E-state index in [4.69, 9.17) is 22.1 Å². The van der Waals surface area contributed by atoms with Crippen LogP contribution in [0.25, 0.3) is 0 Å². The van der Waals surface area contributed by atoms with Crippen molar-refractivity contribution in [3.8, 4) is 5.75 Å². The van der Waals surface area contributed by atoms with Crippen LogP contribution in [0.1, 0.15) is 32.1 Å². The summed E-state index contributed by atoms with van der Waals surface area (Å²) in [5.74, 6) is 0.438. The Balaban J connectivity index is 0.00000220. The molecule has 0 unspecified atom stereocenters. The highest BCUT2D eigenvalue weighted by atomic mass is 35.5. The number of hydrogen-bond donors (Lipinski definition) is 2. The molecule has 1 saturated carbocycles. The van der Waals surface area contributed by atoms with Crippen LogP contribution in [0, 0.1) is 0 Å². The molecule has 3 N–H and O–H groups in total. The maximum atomic E-state index is 11.8. The van der Waals surface area contributed by atoms with Crippen molar-refractivity contribution < 1.29 is 9.53 Å². The van der Waals surface area contributed by atoms with Crippen molar-refractivity contribution in [2.45, 2.75) is 37.6 Å². The molecule has 0 bridgehead atoms. The van der Waals surface area contributed by atoms with Gasteiger partial charge in [0.2, 0.25) is 0 Å². The van der Waals surface area contributed by atoms with Crippen molar-refractivity contribution in [3.63, 3.8) is 0 Å². The summed E-state index contributed by atoms with van der Waals surface area (Å²) in [7, 11) is 0. The molecule has 1 fully saturated rings. The van der Waals surface area contributed by atoms with Crippen LogP contribution in [0.2, 0.25) is 5.02 Å². The Morgan fingerprint density at radius 3 is 2.71 bits per heavy atom. The second-order valence-corrected chi connectivity index (χ2v) is 5.88. The lowest BCUT2D eigenvalue weighted by atomic mass is 9.82. The number of hydrogen-bond acceptors (Lipinski definition) is 3. The van der Waals surface area contributed by atoms with E-state index in [1.807, 2.05) is 0 Å². The van der Waals surface area contributed by atoms with Crippen LogP contribution in [-0.2, 0) is 4.79 Å². The summed E-state index contributed by atoms with van der Waals surface area (Å²) in [5, 5.41) is 3.44. The number of carbonyl (C=O) groups is 1. The smallest absolute Gasteiger partial charge is 0.258 e. The Morgan fingerprint density at radius 1 is 1.33 bits per heavy atom. The van der Waals surface area contributed by atoms with Gasteiger partial charge in [0.1, 0.15) is 5.75 Å². The first-order chi connectivity index (χ1) is 9.57. The van der Waals surface area contributed by atoms with Gasteiger partial charge < -0.3 is 15.8 Å². The third kappa shape index (κ3) is 6.12. The van der Waals surface area contributed by atoms with Crippen LogP contribution < -0.4 is 15.8 Å². The second-order valence-electron chi connectivity index (χ2n) is 5.45. The van der Waals surface area contributed by atoms with Gasteiger partial charge in [0.25, 0.3) is 5.91 Å². The number of ether oxygens (including phenoxy) is 1. The highest BCUT2D eigenvalue weighted by Gasteiger charge is 2.27. The van der Waals surface area contributed by atoms with Gasteiger partial charge in [-0.15, -0.1) is 12.4 Å². The van der Waals surface area contributed by atoms with E-state index >= 15 is 0 Å². The fraction of sp³-hybridized carbons (Fsp3) is 0.533. The molecular weight excluding hydrogens is 311 g/mol. The highest BCUT2D eigenvalue weighted by molar-refractivity contribution is 6.30. The van der Waals surface area contributed by atoms with E-state index in [-0.39, 0.29) is 30.5 Å². The lowest BCUT2D eigenvalue weighted by Gasteiger charge is -2.33. The van der Waals surface area contributed by atoms with Crippen LogP contribution in [0.4, 0.5) is 0 Å². The fourth-order valence-corrected chi connectivity index (χ4v) is 2.64. The van der Waals surface area contributed by atoms with Gasteiger partial charge in [-0.25, -0.2) is 0 Å². The summed E-state index contributed by atoms with van der Waals surface area (Å²) in [5.41, 5.74) is 6.02. The summed E-state index contributed by atoms with van der Waals surface area (Å²) in [4.78, 5) is 11.8. The molecule has 1 aliphatic carbocycles. The summed E-state index contributed by atoms with van der Waals surface area (Å²) < 4.78 is 5.38. The molecule has 0 heterocycles. The van der Waals surface area contributed by atoms with Crippen molar-refractivity contribution in [2.24, 2.45) is 5.73 Å². The maximum absolute atomic E-state index is 11.8. The molecule has 0 spiro atoms. The van der Waals surface area contributed by atoms with Gasteiger partial charge in [-0.1, -0.05) is 36.9 Å². The Kier molecular flexibility index (Phi) is 7.29. The minimum absolute atomic E-state index is 0. The Hall–Kier alpha value is -0.970. The van der Waals surface area contributed by atoms with Gasteiger partial charge in [-0.05, 0) is 31.0 Å². The molecule has 0 aromatic heterocycles. The first kappa shape index (κ1) is 18.1. The topological polar surface area (TPSA) is 64.3 Å². The molecule has 0 atom stereocenters. The standard InChI is InChI=1S/C15H21ClN2O2.ClH/c16-12-5-4-6-13(9-12)20-10-14(19)18-11-15(17)7-2-1-3-8-15;/h4-6,9H,1-3,7-8,10-11,17H2,(H,18,19);1H. The van der Waals surface area contributed by atoms with E-state index in [9.17, 15) is 4.79 Å². The summed E-state index contributed by atoms with van der Waals surface area (Å²) in [6, 6.07) is 6.99. The van der Waals surface area contributed by atoms with Crippen molar-refractivity contribution in [3.05, 3.63) is 29.3 Å². The zero-order valence-corrected chi connectivity index (χ0v) is 13.5. The molecule has 1 aliphatic rings. The Labute approximate surface area is 136 Å². The van der Waals surface area contributed by atoms with Gasteiger partial charge in [-0.2, -0.15) is 0 Å². The Morgan fingerprint density at radius 2 is 2.05 bits per heavy atom. The van der Waals surface area contributed by atoms with Crippen LogP contribution in [0.3, 0.4) is 0 Å². The number of rotatable bonds is 5. The number of benzene rings is 1. The quantitative estimate of drug-likeness (QED) is 0.871. The van der Waals surface area contributed by atoms with Crippen LogP contribution in [0.5, 0.6) is 5.75 Å². The fourth-order valence-electron chi connectivity index (χ4n) is 2.46. The van der Waals surface area contributed by atoms with Crippen molar-refractivity contribution in [1.82, 2.24) is 5.32 Å². The normalized spacial score (nSPS) is 16.7. The van der Waals surface area contributed by atoms with E-state index in [1.54, 1.807) is 24.3 Å². The third-order valence-corrected chi connectivity index (χ3v) is 3.89. The van der Waals surface area contributed by atoms with Crippen LogP contribution >= 0.6 is 24.0 Å². The molecule has 4 nitrogen and oxygen atoms in total. The van der Waals surface area contributed by atoms with Crippen LogP contribution in [-0.4, -0.2) is 24.6 Å². The van der Waals surface area contributed by atoms with E-state index in [0.29, 0.717) is 17.3 Å². The number of halogens is 2. The first-order valence-electron chi connectivity index (χ1n) is 7.01. The van der Waals surface area contributed by atoms with Gasteiger partial charge in [0, 0.05) is 17.1 Å². The van der Waals surface area contributed by atoms with E-state index in [2.05, 4.69) is 5.32 Å². The molecular formula is C15H22Cl2N2O2. The predicted octanol–water partition coefficient (Wildman–Crippen LogP) is 2.92. The number of amides is 1. The van der Waals surface area contributed by atoms with Crippen molar-refractivity contribution >= 4 is 29.9 Å². The summed E-state index contributed by atoms with van der Waals surface area (Å²) in [6.07, 6.45) is 5.48. The van der Waals surface area contributed by atoms with E-state index in [0.717, 1.165) is 25.7 Å². The molecule has 21 heavy (non-hydrogen) atoms. The van der Waals surface area contributed by atoms with Gasteiger partial charge >= 0.3 is 0 Å².